The molecule has 0 unspecified atom stereocenters. The number of hydrogen-bond donors (Lipinski definition) is 1. The smallest absolute Gasteiger partial charge is 0.0501 e. The third kappa shape index (κ3) is 1.99. The summed E-state index contributed by atoms with van der Waals surface area (Å²) in [6.45, 7) is 5.57. The molecule has 0 aliphatic heterocycles. The van der Waals surface area contributed by atoms with E-state index in [9.17, 15) is 0 Å². The standard InChI is InChI=1S/C13H18N2/c1-10(2)9-15-7-6-11-4-5-12(14-3)8-13(11)15/h4-8,10,14H,9H2,1-3H3. The predicted octanol–water partition coefficient (Wildman–Crippen LogP) is 3.34. The zero-order valence-corrected chi connectivity index (χ0v) is 9.62. The van der Waals surface area contributed by atoms with Crippen LogP contribution >= 0.6 is 0 Å². The highest BCUT2D eigenvalue weighted by atomic mass is 15.0. The van der Waals surface area contributed by atoms with Crippen molar-refractivity contribution in [2.75, 3.05) is 12.4 Å². The van der Waals surface area contributed by atoms with E-state index in [1.807, 2.05) is 7.05 Å². The van der Waals surface area contributed by atoms with Gasteiger partial charge in [-0.15, -0.1) is 0 Å². The second-order valence-corrected chi connectivity index (χ2v) is 4.39. The number of aromatic nitrogens is 1. The van der Waals surface area contributed by atoms with E-state index in [-0.39, 0.29) is 0 Å². The molecule has 2 nitrogen and oxygen atoms in total. The molecule has 0 radical (unpaired) electrons. The fraction of sp³-hybridized carbons (Fsp3) is 0.385. The molecule has 15 heavy (non-hydrogen) atoms. The highest BCUT2D eigenvalue weighted by Gasteiger charge is 2.03. The molecule has 0 aliphatic rings. The van der Waals surface area contributed by atoms with Crippen LogP contribution in [0.25, 0.3) is 10.9 Å². The Bertz CT molecular complexity index is 455. The van der Waals surface area contributed by atoms with Crippen LogP contribution in [0.2, 0.25) is 0 Å². The van der Waals surface area contributed by atoms with Crippen molar-refractivity contribution >= 4 is 16.6 Å². The molecular formula is C13H18N2. The van der Waals surface area contributed by atoms with Gasteiger partial charge in [0, 0.05) is 25.5 Å². The summed E-state index contributed by atoms with van der Waals surface area (Å²) in [5, 5.41) is 4.49. The van der Waals surface area contributed by atoms with Crippen LogP contribution < -0.4 is 5.32 Å². The summed E-state index contributed by atoms with van der Waals surface area (Å²) in [4.78, 5) is 0. The van der Waals surface area contributed by atoms with Crippen LogP contribution in [0.1, 0.15) is 13.8 Å². The van der Waals surface area contributed by atoms with Crippen LogP contribution in [0.3, 0.4) is 0 Å². The molecular weight excluding hydrogens is 184 g/mol. The van der Waals surface area contributed by atoms with E-state index >= 15 is 0 Å². The lowest BCUT2D eigenvalue weighted by Crippen LogP contribution is -2.02. The van der Waals surface area contributed by atoms with Crippen molar-refractivity contribution in [1.29, 1.82) is 0 Å². The first-order valence-electron chi connectivity index (χ1n) is 5.47. The molecule has 1 aromatic carbocycles. The minimum Gasteiger partial charge on any atom is -0.388 e. The number of nitrogens with one attached hydrogen (secondary N) is 1. The SMILES string of the molecule is CNc1ccc2ccn(CC(C)C)c2c1. The summed E-state index contributed by atoms with van der Waals surface area (Å²) in [7, 11) is 1.96. The Morgan fingerprint density at radius 2 is 2.07 bits per heavy atom. The maximum Gasteiger partial charge on any atom is 0.0501 e. The monoisotopic (exact) mass is 202 g/mol. The summed E-state index contributed by atoms with van der Waals surface area (Å²) in [6, 6.07) is 8.66. The molecule has 0 bridgehead atoms. The molecule has 2 heteroatoms. The third-order valence-corrected chi connectivity index (χ3v) is 2.62. The highest BCUT2D eigenvalue weighted by molar-refractivity contribution is 5.83. The largest absolute Gasteiger partial charge is 0.388 e. The molecule has 0 aliphatic carbocycles. The average Bonchev–Trinajstić information content (AvgIpc) is 2.60. The topological polar surface area (TPSA) is 17.0 Å². The van der Waals surface area contributed by atoms with Crippen molar-refractivity contribution in [1.82, 2.24) is 4.57 Å². The number of nitrogens with zero attached hydrogens (tertiary/aromatic N) is 1. The van der Waals surface area contributed by atoms with Crippen molar-refractivity contribution < 1.29 is 0 Å². The van der Waals surface area contributed by atoms with Gasteiger partial charge in [-0.3, -0.25) is 0 Å². The zero-order valence-electron chi connectivity index (χ0n) is 9.62. The van der Waals surface area contributed by atoms with Crippen LogP contribution in [0.4, 0.5) is 5.69 Å². The van der Waals surface area contributed by atoms with Gasteiger partial charge >= 0.3 is 0 Å². The molecule has 2 rings (SSSR count). The van der Waals surface area contributed by atoms with Gasteiger partial charge < -0.3 is 9.88 Å². The number of anilines is 1. The average molecular weight is 202 g/mol. The molecule has 0 spiro atoms. The van der Waals surface area contributed by atoms with Crippen molar-refractivity contribution in [3.05, 3.63) is 30.5 Å². The number of benzene rings is 1. The normalized spacial score (nSPS) is 11.2. The Morgan fingerprint density at radius 3 is 2.73 bits per heavy atom. The summed E-state index contributed by atoms with van der Waals surface area (Å²) >= 11 is 0. The van der Waals surface area contributed by atoms with Crippen LogP contribution in [0.15, 0.2) is 30.5 Å². The molecule has 0 saturated heterocycles. The summed E-state index contributed by atoms with van der Waals surface area (Å²) in [5.74, 6) is 0.679. The van der Waals surface area contributed by atoms with Crippen molar-refractivity contribution in [3.63, 3.8) is 0 Å². The Morgan fingerprint density at radius 1 is 1.27 bits per heavy atom. The molecule has 1 aromatic heterocycles. The molecule has 1 heterocycles. The van der Waals surface area contributed by atoms with Gasteiger partial charge in [-0.1, -0.05) is 19.9 Å². The zero-order chi connectivity index (χ0) is 10.8. The van der Waals surface area contributed by atoms with Gasteiger partial charge in [0.05, 0.1) is 5.52 Å². The van der Waals surface area contributed by atoms with Crippen LogP contribution in [-0.4, -0.2) is 11.6 Å². The van der Waals surface area contributed by atoms with Crippen LogP contribution in [0, 0.1) is 5.92 Å². The van der Waals surface area contributed by atoms with E-state index in [4.69, 9.17) is 0 Å². The highest BCUT2D eigenvalue weighted by Crippen LogP contribution is 2.21. The number of hydrogen-bond acceptors (Lipinski definition) is 1. The lowest BCUT2D eigenvalue weighted by molar-refractivity contribution is 0.535. The quantitative estimate of drug-likeness (QED) is 0.807. The molecule has 80 valence electrons. The van der Waals surface area contributed by atoms with E-state index in [1.54, 1.807) is 0 Å². The van der Waals surface area contributed by atoms with Crippen LogP contribution in [0.5, 0.6) is 0 Å². The van der Waals surface area contributed by atoms with Crippen molar-refractivity contribution in [2.24, 2.45) is 5.92 Å². The van der Waals surface area contributed by atoms with Gasteiger partial charge in [0.15, 0.2) is 0 Å². The van der Waals surface area contributed by atoms with E-state index in [2.05, 4.69) is 54.2 Å². The minimum absolute atomic E-state index is 0.679. The first-order valence-corrected chi connectivity index (χ1v) is 5.47. The van der Waals surface area contributed by atoms with E-state index in [1.165, 1.54) is 16.6 Å². The van der Waals surface area contributed by atoms with Crippen molar-refractivity contribution in [2.45, 2.75) is 20.4 Å². The van der Waals surface area contributed by atoms with E-state index in [0.29, 0.717) is 5.92 Å². The maximum atomic E-state index is 3.18. The Hall–Kier alpha value is -1.44. The van der Waals surface area contributed by atoms with Gasteiger partial charge in [-0.05, 0) is 29.5 Å². The first-order chi connectivity index (χ1) is 7.20. The summed E-state index contributed by atoms with van der Waals surface area (Å²) in [6.07, 6.45) is 2.17. The minimum atomic E-state index is 0.679. The Kier molecular flexibility index (Phi) is 2.67. The fourth-order valence-electron chi connectivity index (χ4n) is 1.89. The van der Waals surface area contributed by atoms with Gasteiger partial charge in [0.2, 0.25) is 0 Å². The fourth-order valence-corrected chi connectivity index (χ4v) is 1.89. The molecule has 0 atom stereocenters. The molecule has 0 amide bonds. The predicted molar refractivity (Wildman–Crippen MR) is 66.3 cm³/mol. The maximum absolute atomic E-state index is 3.18. The van der Waals surface area contributed by atoms with Gasteiger partial charge in [-0.2, -0.15) is 0 Å². The summed E-state index contributed by atoms with van der Waals surface area (Å²) < 4.78 is 2.32. The van der Waals surface area contributed by atoms with Gasteiger partial charge in [0.25, 0.3) is 0 Å². The van der Waals surface area contributed by atoms with E-state index < -0.39 is 0 Å². The summed E-state index contributed by atoms with van der Waals surface area (Å²) in [5.41, 5.74) is 2.49. The van der Waals surface area contributed by atoms with Crippen molar-refractivity contribution in [3.8, 4) is 0 Å². The molecule has 0 saturated carbocycles. The number of fused-ring (bicyclic) bond motifs is 1. The molecule has 1 N–H and O–H groups in total. The molecule has 0 fully saturated rings. The van der Waals surface area contributed by atoms with E-state index in [0.717, 1.165) is 6.54 Å². The van der Waals surface area contributed by atoms with Gasteiger partial charge in [-0.25, -0.2) is 0 Å². The van der Waals surface area contributed by atoms with Gasteiger partial charge in [0.1, 0.15) is 0 Å². The first kappa shape index (κ1) is 10.1. The lowest BCUT2D eigenvalue weighted by atomic mass is 10.2. The van der Waals surface area contributed by atoms with Crippen LogP contribution in [-0.2, 0) is 6.54 Å². The second kappa shape index (κ2) is 3.97. The molecule has 2 aromatic rings. The second-order valence-electron chi connectivity index (χ2n) is 4.39. The Labute approximate surface area is 90.9 Å². The number of rotatable bonds is 3. The lowest BCUT2D eigenvalue weighted by Gasteiger charge is -2.09. The Balaban J connectivity index is 2.46. The third-order valence-electron chi connectivity index (χ3n) is 2.62.